The largest absolute Gasteiger partial charge is 0.497 e. The van der Waals surface area contributed by atoms with Crippen LogP contribution in [0.1, 0.15) is 37.5 Å². The van der Waals surface area contributed by atoms with Crippen molar-refractivity contribution in [3.05, 3.63) is 126 Å². The lowest BCUT2D eigenvalue weighted by molar-refractivity contribution is -0.140. The number of carbonyl (C=O) groups is 2. The Morgan fingerprint density at radius 1 is 0.870 bits per heavy atom. The number of sulfonamides is 1. The molecule has 8 nitrogen and oxygen atoms in total. The molecule has 0 aliphatic heterocycles. The Kier molecular flexibility index (Phi) is 10.8. The maximum Gasteiger partial charge on any atom is 0.264 e. The van der Waals surface area contributed by atoms with Gasteiger partial charge in [0.15, 0.2) is 0 Å². The predicted molar refractivity (Wildman–Crippen MR) is 177 cm³/mol. The Morgan fingerprint density at radius 2 is 1.50 bits per heavy atom. The van der Waals surface area contributed by atoms with Crippen LogP contribution in [0.5, 0.6) is 5.75 Å². The molecule has 4 rings (SSSR count). The number of para-hydroxylation sites is 1. The van der Waals surface area contributed by atoms with Crippen LogP contribution in [0.4, 0.5) is 10.1 Å². The number of hydrogen-bond donors (Lipinski definition) is 1. The van der Waals surface area contributed by atoms with Crippen LogP contribution in [0.2, 0.25) is 0 Å². The number of hydrogen-bond acceptors (Lipinski definition) is 5. The van der Waals surface area contributed by atoms with Crippen molar-refractivity contribution < 1.29 is 27.1 Å². The number of rotatable bonds is 12. The molecule has 2 amide bonds. The zero-order chi connectivity index (χ0) is 33.5. The molecule has 1 atom stereocenters. The van der Waals surface area contributed by atoms with E-state index in [-0.39, 0.29) is 23.5 Å². The van der Waals surface area contributed by atoms with Crippen molar-refractivity contribution in [2.45, 2.75) is 57.1 Å². The fraction of sp³-hybridized carbons (Fsp3) is 0.278. The summed E-state index contributed by atoms with van der Waals surface area (Å²) in [6.45, 7) is 6.54. The molecule has 10 heteroatoms. The van der Waals surface area contributed by atoms with Gasteiger partial charge in [0.05, 0.1) is 17.7 Å². The molecule has 0 bridgehead atoms. The summed E-state index contributed by atoms with van der Waals surface area (Å²) in [5.74, 6) is -1.35. The molecule has 4 aromatic rings. The molecule has 0 saturated carbocycles. The highest BCUT2D eigenvalue weighted by Gasteiger charge is 2.36. The molecule has 242 valence electrons. The highest BCUT2D eigenvalue weighted by molar-refractivity contribution is 7.92. The van der Waals surface area contributed by atoms with E-state index >= 15 is 4.39 Å². The van der Waals surface area contributed by atoms with Gasteiger partial charge in [-0.25, -0.2) is 12.8 Å². The van der Waals surface area contributed by atoms with Crippen LogP contribution in [0.3, 0.4) is 0 Å². The van der Waals surface area contributed by atoms with Crippen molar-refractivity contribution in [2.24, 2.45) is 0 Å². The molecule has 0 aromatic heterocycles. The van der Waals surface area contributed by atoms with Crippen LogP contribution in [0.25, 0.3) is 0 Å². The monoisotopic (exact) mass is 645 g/mol. The fourth-order valence-corrected chi connectivity index (χ4v) is 6.40. The van der Waals surface area contributed by atoms with E-state index in [1.165, 1.54) is 42.3 Å². The van der Waals surface area contributed by atoms with Crippen LogP contribution in [-0.2, 0) is 32.6 Å². The number of ether oxygens (including phenoxy) is 1. The summed E-state index contributed by atoms with van der Waals surface area (Å²) in [5.41, 5.74) is 1.40. The van der Waals surface area contributed by atoms with Crippen molar-refractivity contribution in [1.29, 1.82) is 0 Å². The number of nitrogens with one attached hydrogen (secondary N) is 1. The third-order valence-corrected chi connectivity index (χ3v) is 9.04. The Bertz CT molecular complexity index is 1760. The van der Waals surface area contributed by atoms with Gasteiger partial charge in [-0.15, -0.1) is 0 Å². The summed E-state index contributed by atoms with van der Waals surface area (Å²) in [7, 11) is -2.89. The van der Waals surface area contributed by atoms with Crippen molar-refractivity contribution in [2.75, 3.05) is 18.0 Å². The molecule has 0 saturated heterocycles. The first-order chi connectivity index (χ1) is 21.8. The second-order valence-electron chi connectivity index (χ2n) is 12.1. The first kappa shape index (κ1) is 34.2. The quantitative estimate of drug-likeness (QED) is 0.207. The van der Waals surface area contributed by atoms with E-state index < -0.39 is 45.8 Å². The average molecular weight is 646 g/mol. The molecule has 1 N–H and O–H groups in total. The van der Waals surface area contributed by atoms with E-state index in [1.54, 1.807) is 36.4 Å². The van der Waals surface area contributed by atoms with Crippen LogP contribution >= 0.6 is 0 Å². The van der Waals surface area contributed by atoms with Gasteiger partial charge in [0.2, 0.25) is 11.8 Å². The van der Waals surface area contributed by atoms with E-state index in [4.69, 9.17) is 4.74 Å². The number of nitrogens with zero attached hydrogens (tertiary/aromatic N) is 2. The smallest absolute Gasteiger partial charge is 0.264 e. The lowest BCUT2D eigenvalue weighted by Gasteiger charge is -2.35. The number of methoxy groups -OCH3 is 1. The Morgan fingerprint density at radius 3 is 2.13 bits per heavy atom. The van der Waals surface area contributed by atoms with Gasteiger partial charge in [0, 0.05) is 18.5 Å². The molecule has 0 unspecified atom stereocenters. The van der Waals surface area contributed by atoms with Gasteiger partial charge in [-0.3, -0.25) is 13.9 Å². The van der Waals surface area contributed by atoms with E-state index in [0.29, 0.717) is 11.3 Å². The van der Waals surface area contributed by atoms with Gasteiger partial charge < -0.3 is 15.0 Å². The topological polar surface area (TPSA) is 96.0 Å². The lowest BCUT2D eigenvalue weighted by Crippen LogP contribution is -2.56. The van der Waals surface area contributed by atoms with Gasteiger partial charge in [0.1, 0.15) is 24.2 Å². The second-order valence-corrected chi connectivity index (χ2v) is 14.0. The molecular formula is C36H40FN3O5S. The summed E-state index contributed by atoms with van der Waals surface area (Å²) in [5, 5.41) is 2.99. The van der Waals surface area contributed by atoms with Crippen molar-refractivity contribution in [3.63, 3.8) is 0 Å². The molecule has 0 aliphatic rings. The number of halogens is 1. The second kappa shape index (κ2) is 14.6. The van der Waals surface area contributed by atoms with Crippen LogP contribution in [0, 0.1) is 12.7 Å². The Hall–Kier alpha value is -4.70. The standard InChI is InChI=1S/C36H40FN3O5S/c1-26-18-20-30(21-19-26)46(43,44)40(32-17-10-9-16-31(32)37)25-34(41)39(24-28-14-11-15-29(22-28)45-5)33(35(42)38-36(2,3)4)23-27-12-7-6-8-13-27/h6-22,33H,23-25H2,1-5H3,(H,38,42)/t33-/m1/s1. The molecule has 0 radical (unpaired) electrons. The minimum atomic E-state index is -4.41. The summed E-state index contributed by atoms with van der Waals surface area (Å²) < 4.78 is 49.6. The van der Waals surface area contributed by atoms with E-state index in [9.17, 15) is 18.0 Å². The minimum absolute atomic E-state index is 0.0409. The summed E-state index contributed by atoms with van der Waals surface area (Å²) in [6, 6.07) is 26.8. The van der Waals surface area contributed by atoms with E-state index in [1.807, 2.05) is 58.0 Å². The molecule has 0 spiro atoms. The van der Waals surface area contributed by atoms with Gasteiger partial charge in [-0.2, -0.15) is 0 Å². The Labute approximate surface area is 270 Å². The average Bonchev–Trinajstić information content (AvgIpc) is 3.01. The van der Waals surface area contributed by atoms with Crippen LogP contribution in [-0.4, -0.2) is 50.4 Å². The Balaban J connectivity index is 1.84. The minimum Gasteiger partial charge on any atom is -0.497 e. The predicted octanol–water partition coefficient (Wildman–Crippen LogP) is 5.89. The van der Waals surface area contributed by atoms with Gasteiger partial charge in [-0.05, 0) is 75.2 Å². The fourth-order valence-electron chi connectivity index (χ4n) is 4.98. The molecule has 4 aromatic carbocycles. The first-order valence-corrected chi connectivity index (χ1v) is 16.3. The van der Waals surface area contributed by atoms with Gasteiger partial charge >= 0.3 is 0 Å². The van der Waals surface area contributed by atoms with Crippen LogP contribution < -0.4 is 14.4 Å². The van der Waals surface area contributed by atoms with Crippen molar-refractivity contribution in [3.8, 4) is 5.75 Å². The van der Waals surface area contributed by atoms with Gasteiger partial charge in [0.25, 0.3) is 10.0 Å². The number of aryl methyl sites for hydroxylation is 1. The van der Waals surface area contributed by atoms with E-state index in [0.717, 1.165) is 21.5 Å². The SMILES string of the molecule is COc1cccc(CN(C(=O)CN(c2ccccc2F)S(=O)(=O)c2ccc(C)cc2)[C@H](Cc2ccccc2)C(=O)NC(C)(C)C)c1. The zero-order valence-electron chi connectivity index (χ0n) is 26.7. The lowest BCUT2D eigenvalue weighted by atomic mass is 10.0. The molecule has 46 heavy (non-hydrogen) atoms. The molecule has 0 heterocycles. The maximum atomic E-state index is 15.3. The number of anilines is 1. The first-order valence-electron chi connectivity index (χ1n) is 14.9. The summed E-state index contributed by atoms with van der Waals surface area (Å²) >= 11 is 0. The van der Waals surface area contributed by atoms with E-state index in [2.05, 4.69) is 5.32 Å². The van der Waals surface area contributed by atoms with Gasteiger partial charge in [-0.1, -0.05) is 72.3 Å². The normalized spacial score (nSPS) is 12.2. The van der Waals surface area contributed by atoms with Crippen molar-refractivity contribution >= 4 is 27.5 Å². The van der Waals surface area contributed by atoms with Crippen LogP contribution in [0.15, 0.2) is 108 Å². The third-order valence-electron chi connectivity index (χ3n) is 7.27. The zero-order valence-corrected chi connectivity index (χ0v) is 27.6. The molecule has 0 fully saturated rings. The van der Waals surface area contributed by atoms with Crippen molar-refractivity contribution in [1.82, 2.24) is 10.2 Å². The maximum absolute atomic E-state index is 15.3. The molecular weight excluding hydrogens is 605 g/mol. The highest BCUT2D eigenvalue weighted by atomic mass is 32.2. The number of amides is 2. The number of benzene rings is 4. The summed E-state index contributed by atoms with van der Waals surface area (Å²) in [4.78, 5) is 29.7. The molecule has 0 aliphatic carbocycles. The third kappa shape index (κ3) is 8.72. The summed E-state index contributed by atoms with van der Waals surface area (Å²) in [6.07, 6.45) is 0.156. The number of carbonyl (C=O) groups excluding carboxylic acids is 2. The highest BCUT2D eigenvalue weighted by Crippen LogP contribution is 2.28.